The minimum atomic E-state index is -0.429. The fourth-order valence-electron chi connectivity index (χ4n) is 2.25. The molecule has 3 nitrogen and oxygen atoms in total. The van der Waals surface area contributed by atoms with E-state index >= 15 is 0 Å². The SMILES string of the molecule is O=C(Nc1ccccc1SCC(O)CSc1cccs1)c1ccc(Cl)cc1. The Morgan fingerprint density at radius 3 is 2.52 bits per heavy atom. The highest BCUT2D eigenvalue weighted by atomic mass is 35.5. The van der Waals surface area contributed by atoms with E-state index in [2.05, 4.69) is 11.4 Å². The predicted octanol–water partition coefficient (Wildman–Crippen LogP) is 5.90. The fraction of sp³-hybridized carbons (Fsp3) is 0.150. The van der Waals surface area contributed by atoms with Gasteiger partial charge in [-0.05, 0) is 47.8 Å². The van der Waals surface area contributed by atoms with Crippen molar-refractivity contribution in [1.29, 1.82) is 0 Å². The summed E-state index contributed by atoms with van der Waals surface area (Å²) in [4.78, 5) is 13.4. The number of para-hydroxylation sites is 1. The number of thiophene rings is 1. The summed E-state index contributed by atoms with van der Waals surface area (Å²) in [7, 11) is 0. The Morgan fingerprint density at radius 1 is 1.04 bits per heavy atom. The maximum absolute atomic E-state index is 12.4. The lowest BCUT2D eigenvalue weighted by atomic mass is 10.2. The van der Waals surface area contributed by atoms with Gasteiger partial charge in [-0.2, -0.15) is 0 Å². The van der Waals surface area contributed by atoms with E-state index in [0.717, 1.165) is 10.6 Å². The zero-order chi connectivity index (χ0) is 19.1. The number of carbonyl (C=O) groups excluding carboxylic acids is 1. The zero-order valence-electron chi connectivity index (χ0n) is 14.3. The predicted molar refractivity (Wildman–Crippen MR) is 118 cm³/mol. The Kier molecular flexibility index (Phi) is 7.67. The number of hydrogen-bond acceptors (Lipinski definition) is 5. The molecule has 27 heavy (non-hydrogen) atoms. The molecule has 7 heteroatoms. The van der Waals surface area contributed by atoms with Gasteiger partial charge in [0.1, 0.15) is 0 Å². The second-order valence-corrected chi connectivity index (χ2v) is 9.43. The molecule has 0 aliphatic heterocycles. The summed E-state index contributed by atoms with van der Waals surface area (Å²) in [6.07, 6.45) is -0.429. The van der Waals surface area contributed by atoms with Crippen molar-refractivity contribution in [3.05, 3.63) is 76.6 Å². The van der Waals surface area contributed by atoms with Crippen LogP contribution in [0.2, 0.25) is 5.02 Å². The topological polar surface area (TPSA) is 49.3 Å². The number of halogens is 1. The van der Waals surface area contributed by atoms with Gasteiger partial charge in [-0.3, -0.25) is 4.79 Å². The number of amides is 1. The molecule has 1 amide bonds. The summed E-state index contributed by atoms with van der Waals surface area (Å²) in [6, 6.07) is 18.4. The standard InChI is InChI=1S/C20H18ClNO2S3/c21-15-9-7-14(8-10-15)20(24)22-17-4-1-2-5-18(17)26-12-16(23)13-27-19-6-3-11-25-19/h1-11,16,23H,12-13H2,(H,22,24). The third-order valence-electron chi connectivity index (χ3n) is 3.59. The van der Waals surface area contributed by atoms with Crippen LogP contribution in [0.1, 0.15) is 10.4 Å². The molecule has 2 N–H and O–H groups in total. The lowest BCUT2D eigenvalue weighted by molar-refractivity contribution is 0.102. The average Bonchev–Trinajstić information content (AvgIpc) is 3.20. The van der Waals surface area contributed by atoms with E-state index in [4.69, 9.17) is 11.6 Å². The van der Waals surface area contributed by atoms with Crippen LogP contribution in [-0.4, -0.2) is 28.6 Å². The summed E-state index contributed by atoms with van der Waals surface area (Å²) in [6.45, 7) is 0. The molecule has 0 saturated heterocycles. The summed E-state index contributed by atoms with van der Waals surface area (Å²) < 4.78 is 1.20. The van der Waals surface area contributed by atoms with Crippen LogP contribution < -0.4 is 5.32 Å². The molecular formula is C20H18ClNO2S3. The van der Waals surface area contributed by atoms with Crippen LogP contribution in [0, 0.1) is 0 Å². The third kappa shape index (κ3) is 6.30. The number of carbonyl (C=O) groups is 1. The molecule has 1 heterocycles. The number of hydrogen-bond donors (Lipinski definition) is 2. The lowest BCUT2D eigenvalue weighted by Crippen LogP contribution is -2.14. The van der Waals surface area contributed by atoms with E-state index in [0.29, 0.717) is 22.1 Å². The highest BCUT2D eigenvalue weighted by Gasteiger charge is 2.12. The van der Waals surface area contributed by atoms with Crippen molar-refractivity contribution in [3.8, 4) is 0 Å². The van der Waals surface area contributed by atoms with Crippen LogP contribution in [0.5, 0.6) is 0 Å². The number of benzene rings is 2. The number of rotatable bonds is 8. The highest BCUT2D eigenvalue weighted by Crippen LogP contribution is 2.30. The van der Waals surface area contributed by atoms with E-state index in [-0.39, 0.29) is 5.91 Å². The van der Waals surface area contributed by atoms with Crippen LogP contribution >= 0.6 is 46.5 Å². The number of thioether (sulfide) groups is 2. The molecule has 1 aromatic heterocycles. The van der Waals surface area contributed by atoms with E-state index in [1.54, 1.807) is 47.4 Å². The first kappa shape index (κ1) is 20.3. The summed E-state index contributed by atoms with van der Waals surface area (Å²) >= 11 is 10.7. The molecule has 3 rings (SSSR count). The van der Waals surface area contributed by atoms with E-state index in [9.17, 15) is 9.90 Å². The molecule has 0 fully saturated rings. The first-order valence-electron chi connectivity index (χ1n) is 8.25. The number of nitrogens with one attached hydrogen (secondary N) is 1. The second kappa shape index (κ2) is 10.2. The van der Waals surface area contributed by atoms with Crippen molar-refractivity contribution in [3.63, 3.8) is 0 Å². The van der Waals surface area contributed by atoms with Crippen molar-refractivity contribution in [2.75, 3.05) is 16.8 Å². The van der Waals surface area contributed by atoms with E-state index in [1.165, 1.54) is 16.0 Å². The van der Waals surface area contributed by atoms with Crippen molar-refractivity contribution in [1.82, 2.24) is 0 Å². The van der Waals surface area contributed by atoms with Crippen molar-refractivity contribution < 1.29 is 9.90 Å². The first-order valence-corrected chi connectivity index (χ1v) is 11.5. The number of aliphatic hydroxyl groups excluding tert-OH is 1. The van der Waals surface area contributed by atoms with Gasteiger partial charge in [0.15, 0.2) is 0 Å². The minimum Gasteiger partial charge on any atom is -0.391 e. The Hall–Kier alpha value is -1.44. The van der Waals surface area contributed by atoms with Gasteiger partial charge in [0, 0.05) is 27.0 Å². The molecule has 1 unspecified atom stereocenters. The molecular weight excluding hydrogens is 418 g/mol. The minimum absolute atomic E-state index is 0.187. The molecule has 0 radical (unpaired) electrons. The average molecular weight is 436 g/mol. The summed E-state index contributed by atoms with van der Waals surface area (Å²) in [5, 5.41) is 15.8. The Bertz CT molecular complexity index is 869. The Balaban J connectivity index is 1.56. The third-order valence-corrected chi connectivity index (χ3v) is 7.33. The lowest BCUT2D eigenvalue weighted by Gasteiger charge is -2.13. The van der Waals surface area contributed by atoms with Gasteiger partial charge in [-0.1, -0.05) is 29.8 Å². The van der Waals surface area contributed by atoms with Crippen LogP contribution in [0.4, 0.5) is 5.69 Å². The van der Waals surface area contributed by atoms with Gasteiger partial charge < -0.3 is 10.4 Å². The smallest absolute Gasteiger partial charge is 0.255 e. The Labute approximate surface area is 176 Å². The van der Waals surface area contributed by atoms with Crippen LogP contribution in [-0.2, 0) is 0 Å². The molecule has 0 spiro atoms. The zero-order valence-corrected chi connectivity index (χ0v) is 17.5. The van der Waals surface area contributed by atoms with Gasteiger partial charge in [-0.25, -0.2) is 0 Å². The maximum Gasteiger partial charge on any atom is 0.255 e. The Morgan fingerprint density at radius 2 is 1.78 bits per heavy atom. The largest absolute Gasteiger partial charge is 0.391 e. The van der Waals surface area contributed by atoms with Gasteiger partial charge in [0.05, 0.1) is 16.0 Å². The van der Waals surface area contributed by atoms with Crippen molar-refractivity contribution >= 4 is 58.1 Å². The molecule has 1 atom stereocenters. The van der Waals surface area contributed by atoms with E-state index in [1.807, 2.05) is 35.7 Å². The van der Waals surface area contributed by atoms with Crippen molar-refractivity contribution in [2.45, 2.75) is 15.2 Å². The van der Waals surface area contributed by atoms with E-state index < -0.39 is 6.10 Å². The molecule has 0 aliphatic rings. The molecule has 3 aromatic rings. The molecule has 140 valence electrons. The number of aliphatic hydroxyl groups is 1. The molecule has 0 saturated carbocycles. The van der Waals surface area contributed by atoms with Crippen molar-refractivity contribution in [2.24, 2.45) is 0 Å². The number of anilines is 1. The van der Waals surface area contributed by atoms with Crippen LogP contribution in [0.15, 0.2) is 75.1 Å². The monoisotopic (exact) mass is 435 g/mol. The van der Waals surface area contributed by atoms with Crippen LogP contribution in [0.3, 0.4) is 0 Å². The summed E-state index contributed by atoms with van der Waals surface area (Å²) in [5.74, 6) is 1.02. The normalized spacial score (nSPS) is 11.9. The maximum atomic E-state index is 12.4. The highest BCUT2D eigenvalue weighted by molar-refractivity contribution is 8.01. The van der Waals surface area contributed by atoms with Gasteiger partial charge in [-0.15, -0.1) is 34.9 Å². The van der Waals surface area contributed by atoms with Gasteiger partial charge >= 0.3 is 0 Å². The molecule has 0 aliphatic carbocycles. The summed E-state index contributed by atoms with van der Waals surface area (Å²) in [5.41, 5.74) is 1.28. The molecule has 2 aromatic carbocycles. The second-order valence-electron chi connectivity index (χ2n) is 5.67. The molecule has 0 bridgehead atoms. The quantitative estimate of drug-likeness (QED) is 0.432. The van der Waals surface area contributed by atoms with Crippen LogP contribution in [0.25, 0.3) is 0 Å². The van der Waals surface area contributed by atoms with Gasteiger partial charge in [0.25, 0.3) is 5.91 Å². The first-order chi connectivity index (χ1) is 13.1. The fourth-order valence-corrected chi connectivity index (χ4v) is 5.20. The van der Waals surface area contributed by atoms with Gasteiger partial charge in [0.2, 0.25) is 0 Å².